The van der Waals surface area contributed by atoms with E-state index < -0.39 is 0 Å². The van der Waals surface area contributed by atoms with Crippen LogP contribution in [-0.2, 0) is 11.3 Å². The molecule has 0 fully saturated rings. The fourth-order valence-corrected chi connectivity index (χ4v) is 2.55. The highest BCUT2D eigenvalue weighted by Gasteiger charge is 2.04. The standard InChI is InChI=1S/C14H26N4OS/c1-5-19-9-7-6-8-16-14(15-4)17-10-13-18-11(2)12(3)20-13/h5-10H2,1-4H3,(H2,15,16,17). The van der Waals surface area contributed by atoms with Crippen molar-refractivity contribution < 1.29 is 4.74 Å². The maximum absolute atomic E-state index is 5.31. The van der Waals surface area contributed by atoms with Gasteiger partial charge in [0.25, 0.3) is 0 Å². The molecule has 0 aliphatic rings. The average Bonchev–Trinajstić information content (AvgIpc) is 2.76. The van der Waals surface area contributed by atoms with Gasteiger partial charge in [-0.1, -0.05) is 0 Å². The van der Waals surface area contributed by atoms with E-state index >= 15 is 0 Å². The monoisotopic (exact) mass is 298 g/mol. The van der Waals surface area contributed by atoms with Crippen molar-refractivity contribution >= 4 is 17.3 Å². The van der Waals surface area contributed by atoms with Crippen LogP contribution in [0.2, 0.25) is 0 Å². The molecule has 0 aromatic carbocycles. The number of hydrogen-bond acceptors (Lipinski definition) is 4. The second-order valence-corrected chi connectivity index (χ2v) is 5.79. The number of hydrogen-bond donors (Lipinski definition) is 2. The lowest BCUT2D eigenvalue weighted by Crippen LogP contribution is -2.37. The fourth-order valence-electron chi connectivity index (χ4n) is 1.67. The van der Waals surface area contributed by atoms with Crippen molar-refractivity contribution in [2.24, 2.45) is 4.99 Å². The molecule has 0 aliphatic heterocycles. The lowest BCUT2D eigenvalue weighted by molar-refractivity contribution is 0.143. The van der Waals surface area contributed by atoms with Gasteiger partial charge in [0.15, 0.2) is 5.96 Å². The van der Waals surface area contributed by atoms with Gasteiger partial charge < -0.3 is 15.4 Å². The molecule has 2 N–H and O–H groups in total. The van der Waals surface area contributed by atoms with Crippen molar-refractivity contribution in [2.45, 2.75) is 40.2 Å². The number of guanidine groups is 1. The third kappa shape index (κ3) is 6.34. The number of aryl methyl sites for hydroxylation is 2. The summed E-state index contributed by atoms with van der Waals surface area (Å²) in [5.74, 6) is 0.826. The Morgan fingerprint density at radius 3 is 2.70 bits per heavy atom. The van der Waals surface area contributed by atoms with Crippen LogP contribution in [0, 0.1) is 13.8 Å². The summed E-state index contributed by atoms with van der Waals surface area (Å²) in [6.07, 6.45) is 2.15. The van der Waals surface area contributed by atoms with Gasteiger partial charge in [0.2, 0.25) is 0 Å². The summed E-state index contributed by atoms with van der Waals surface area (Å²) in [6, 6.07) is 0. The van der Waals surface area contributed by atoms with Crippen LogP contribution in [0.15, 0.2) is 4.99 Å². The summed E-state index contributed by atoms with van der Waals surface area (Å²) in [6.45, 7) is 9.42. The van der Waals surface area contributed by atoms with Crippen LogP contribution in [0.5, 0.6) is 0 Å². The van der Waals surface area contributed by atoms with Gasteiger partial charge in [0.05, 0.1) is 12.2 Å². The number of rotatable bonds is 8. The Bertz CT molecular complexity index is 398. The molecule has 1 heterocycles. The van der Waals surface area contributed by atoms with Gasteiger partial charge in [0.1, 0.15) is 5.01 Å². The molecule has 6 heteroatoms. The molecule has 0 saturated carbocycles. The molecule has 0 unspecified atom stereocenters. The highest BCUT2D eigenvalue weighted by Crippen LogP contribution is 2.15. The van der Waals surface area contributed by atoms with Crippen LogP contribution in [0.3, 0.4) is 0 Å². The Labute approximate surface area is 125 Å². The molecule has 1 aromatic rings. The molecule has 114 valence electrons. The van der Waals surface area contributed by atoms with Crippen LogP contribution in [-0.4, -0.2) is 37.7 Å². The van der Waals surface area contributed by atoms with Gasteiger partial charge >= 0.3 is 0 Å². The molecule has 0 radical (unpaired) electrons. The van der Waals surface area contributed by atoms with E-state index in [0.717, 1.165) is 55.8 Å². The highest BCUT2D eigenvalue weighted by atomic mass is 32.1. The van der Waals surface area contributed by atoms with Crippen molar-refractivity contribution in [1.82, 2.24) is 15.6 Å². The van der Waals surface area contributed by atoms with Crippen molar-refractivity contribution in [3.05, 3.63) is 15.6 Å². The van der Waals surface area contributed by atoms with Crippen molar-refractivity contribution in [2.75, 3.05) is 26.8 Å². The Balaban J connectivity index is 2.20. The Morgan fingerprint density at radius 2 is 2.10 bits per heavy atom. The third-order valence-corrected chi connectivity index (χ3v) is 3.99. The van der Waals surface area contributed by atoms with E-state index in [4.69, 9.17) is 4.74 Å². The minimum Gasteiger partial charge on any atom is -0.382 e. The topological polar surface area (TPSA) is 58.5 Å². The second kappa shape index (κ2) is 9.72. The Morgan fingerprint density at radius 1 is 1.30 bits per heavy atom. The quantitative estimate of drug-likeness (QED) is 0.439. The van der Waals surface area contributed by atoms with Gasteiger partial charge in [-0.3, -0.25) is 4.99 Å². The fraction of sp³-hybridized carbons (Fsp3) is 0.714. The number of aromatic nitrogens is 1. The van der Waals surface area contributed by atoms with Crippen LogP contribution >= 0.6 is 11.3 Å². The molecule has 1 aromatic heterocycles. The lowest BCUT2D eigenvalue weighted by atomic mass is 10.3. The van der Waals surface area contributed by atoms with Crippen molar-refractivity contribution in [3.8, 4) is 0 Å². The van der Waals surface area contributed by atoms with E-state index in [1.165, 1.54) is 4.88 Å². The summed E-state index contributed by atoms with van der Waals surface area (Å²) >= 11 is 1.73. The van der Waals surface area contributed by atoms with E-state index in [-0.39, 0.29) is 0 Å². The maximum Gasteiger partial charge on any atom is 0.191 e. The highest BCUT2D eigenvalue weighted by molar-refractivity contribution is 7.11. The largest absolute Gasteiger partial charge is 0.382 e. The van der Waals surface area contributed by atoms with Crippen LogP contribution in [0.4, 0.5) is 0 Å². The van der Waals surface area contributed by atoms with Gasteiger partial charge in [0, 0.05) is 31.7 Å². The summed E-state index contributed by atoms with van der Waals surface area (Å²) < 4.78 is 5.31. The first kappa shape index (κ1) is 16.9. The molecule has 0 spiro atoms. The first-order valence-electron chi connectivity index (χ1n) is 7.12. The van der Waals surface area contributed by atoms with Crippen molar-refractivity contribution in [3.63, 3.8) is 0 Å². The number of nitrogens with one attached hydrogen (secondary N) is 2. The van der Waals surface area contributed by atoms with Gasteiger partial charge in [-0.15, -0.1) is 11.3 Å². The number of unbranched alkanes of at least 4 members (excludes halogenated alkanes) is 1. The molecule has 0 saturated heterocycles. The molecule has 5 nitrogen and oxygen atoms in total. The van der Waals surface area contributed by atoms with Crippen LogP contribution in [0.1, 0.15) is 35.3 Å². The van der Waals surface area contributed by atoms with Gasteiger partial charge in [-0.05, 0) is 33.6 Å². The van der Waals surface area contributed by atoms with E-state index in [9.17, 15) is 0 Å². The zero-order valence-corrected chi connectivity index (χ0v) is 13.8. The zero-order chi connectivity index (χ0) is 14.8. The molecule has 0 atom stereocenters. The minimum atomic E-state index is 0.720. The Kier molecular flexibility index (Phi) is 8.22. The normalized spacial score (nSPS) is 11.7. The molecular weight excluding hydrogens is 272 g/mol. The maximum atomic E-state index is 5.31. The van der Waals surface area contributed by atoms with Gasteiger partial charge in [-0.2, -0.15) is 0 Å². The van der Waals surface area contributed by atoms with Crippen LogP contribution < -0.4 is 10.6 Å². The van der Waals surface area contributed by atoms with E-state index in [1.807, 2.05) is 13.8 Å². The minimum absolute atomic E-state index is 0.720. The lowest BCUT2D eigenvalue weighted by Gasteiger charge is -2.10. The van der Waals surface area contributed by atoms with Crippen LogP contribution in [0.25, 0.3) is 0 Å². The molecule has 0 bridgehead atoms. The molecule has 20 heavy (non-hydrogen) atoms. The molecule has 1 rings (SSSR count). The molecule has 0 amide bonds. The predicted octanol–water partition coefficient (Wildman–Crippen LogP) is 2.24. The summed E-state index contributed by atoms with van der Waals surface area (Å²) in [5.41, 5.74) is 1.12. The van der Waals surface area contributed by atoms with E-state index in [1.54, 1.807) is 18.4 Å². The predicted molar refractivity (Wildman–Crippen MR) is 85.5 cm³/mol. The molecular formula is C14H26N4OS. The SMILES string of the molecule is CCOCCCCNC(=NC)NCc1nc(C)c(C)s1. The summed E-state index contributed by atoms with van der Waals surface area (Å²) in [7, 11) is 1.79. The molecule has 0 aliphatic carbocycles. The summed E-state index contributed by atoms with van der Waals surface area (Å²) in [5, 5.41) is 7.68. The number of aliphatic imine (C=N–C) groups is 1. The first-order valence-corrected chi connectivity index (χ1v) is 7.94. The second-order valence-electron chi connectivity index (χ2n) is 4.51. The number of ether oxygens (including phenoxy) is 1. The van der Waals surface area contributed by atoms with E-state index in [0.29, 0.717) is 0 Å². The third-order valence-electron chi connectivity index (χ3n) is 2.92. The smallest absolute Gasteiger partial charge is 0.191 e. The van der Waals surface area contributed by atoms with Crippen molar-refractivity contribution in [1.29, 1.82) is 0 Å². The zero-order valence-electron chi connectivity index (χ0n) is 13.0. The van der Waals surface area contributed by atoms with E-state index in [2.05, 4.69) is 27.5 Å². The Hall–Kier alpha value is -1.14. The van der Waals surface area contributed by atoms with Gasteiger partial charge in [-0.25, -0.2) is 4.98 Å². The number of thiazole rings is 1. The number of nitrogens with zero attached hydrogens (tertiary/aromatic N) is 2. The summed E-state index contributed by atoms with van der Waals surface area (Å²) in [4.78, 5) is 9.99. The average molecular weight is 298 g/mol. The first-order chi connectivity index (χ1) is 9.67.